The van der Waals surface area contributed by atoms with Gasteiger partial charge in [0.25, 0.3) is 0 Å². The third-order valence-corrected chi connectivity index (χ3v) is 4.36. The zero-order valence-corrected chi connectivity index (χ0v) is 15.5. The van der Waals surface area contributed by atoms with E-state index >= 15 is 0 Å². The van der Waals surface area contributed by atoms with E-state index in [0.717, 1.165) is 0 Å². The predicted octanol–water partition coefficient (Wildman–Crippen LogP) is 2.51. The number of aromatic nitrogens is 1. The summed E-state index contributed by atoms with van der Waals surface area (Å²) in [6.07, 6.45) is 0. The van der Waals surface area contributed by atoms with Gasteiger partial charge in [0.15, 0.2) is 11.5 Å². The van der Waals surface area contributed by atoms with E-state index in [1.54, 1.807) is 32.0 Å². The Morgan fingerprint density at radius 3 is 2.57 bits per heavy atom. The number of pyridine rings is 1. The molecule has 0 saturated heterocycles. The molecule has 2 heterocycles. The number of nitriles is 2. The Balaban J connectivity index is 2.24. The average molecular weight is 378 g/mol. The van der Waals surface area contributed by atoms with Crippen LogP contribution in [0.25, 0.3) is 11.1 Å². The second-order valence-corrected chi connectivity index (χ2v) is 6.06. The monoisotopic (exact) mass is 378 g/mol. The summed E-state index contributed by atoms with van der Waals surface area (Å²) in [6.45, 7) is 4.32. The van der Waals surface area contributed by atoms with Crippen LogP contribution < -0.4 is 15.2 Å². The minimum Gasteiger partial charge on any atom is -0.486 e. The van der Waals surface area contributed by atoms with Crippen molar-refractivity contribution in [3.8, 4) is 34.8 Å². The van der Waals surface area contributed by atoms with Crippen molar-refractivity contribution in [2.45, 2.75) is 19.8 Å². The summed E-state index contributed by atoms with van der Waals surface area (Å²) < 4.78 is 16.2. The highest BCUT2D eigenvalue weighted by Gasteiger charge is 2.28. The Bertz CT molecular complexity index is 1020. The van der Waals surface area contributed by atoms with Crippen LogP contribution >= 0.6 is 0 Å². The van der Waals surface area contributed by atoms with E-state index in [9.17, 15) is 15.3 Å². The summed E-state index contributed by atoms with van der Waals surface area (Å²) in [4.78, 5) is 16.4. The summed E-state index contributed by atoms with van der Waals surface area (Å²) in [5.41, 5.74) is 7.18. The fourth-order valence-corrected chi connectivity index (χ4v) is 3.03. The van der Waals surface area contributed by atoms with Gasteiger partial charge in [-0.2, -0.15) is 10.5 Å². The maximum Gasteiger partial charge on any atom is 0.314 e. The number of nitrogen functional groups attached to an aromatic ring is 1. The first-order valence-corrected chi connectivity index (χ1v) is 8.72. The Kier molecular flexibility index (Phi) is 5.32. The third kappa shape index (κ3) is 3.28. The first kappa shape index (κ1) is 19.0. The lowest BCUT2D eigenvalue weighted by Gasteiger charge is -2.20. The number of ether oxygens (including phenoxy) is 3. The lowest BCUT2D eigenvalue weighted by atomic mass is 9.90. The summed E-state index contributed by atoms with van der Waals surface area (Å²) in [5, 5.41) is 19.4. The lowest BCUT2D eigenvalue weighted by Crippen LogP contribution is -2.18. The van der Waals surface area contributed by atoms with Crippen LogP contribution in [0, 0.1) is 22.7 Å². The van der Waals surface area contributed by atoms with Crippen LogP contribution in [0.2, 0.25) is 0 Å². The van der Waals surface area contributed by atoms with Gasteiger partial charge in [-0.3, -0.25) is 4.79 Å². The van der Waals surface area contributed by atoms with Crippen molar-refractivity contribution in [3.63, 3.8) is 0 Å². The van der Waals surface area contributed by atoms with E-state index < -0.39 is 11.9 Å². The van der Waals surface area contributed by atoms with Gasteiger partial charge >= 0.3 is 5.97 Å². The van der Waals surface area contributed by atoms with Crippen LogP contribution in [0.15, 0.2) is 18.2 Å². The molecule has 0 amide bonds. The molecule has 0 aliphatic carbocycles. The molecule has 0 bridgehead atoms. The summed E-state index contributed by atoms with van der Waals surface area (Å²) in [7, 11) is 0. The van der Waals surface area contributed by atoms with E-state index in [-0.39, 0.29) is 29.2 Å². The first-order valence-electron chi connectivity index (χ1n) is 8.72. The van der Waals surface area contributed by atoms with Crippen molar-refractivity contribution in [2.24, 2.45) is 0 Å². The molecule has 0 saturated carbocycles. The van der Waals surface area contributed by atoms with Crippen molar-refractivity contribution in [1.29, 1.82) is 10.5 Å². The first-order chi connectivity index (χ1) is 13.5. The minimum atomic E-state index is -0.819. The molecule has 0 fully saturated rings. The Labute approximate surface area is 162 Å². The second-order valence-electron chi connectivity index (χ2n) is 6.06. The molecule has 1 atom stereocenters. The maximum atomic E-state index is 12.2. The number of nitrogens with zero attached hydrogens (tertiary/aromatic N) is 3. The molecule has 1 aromatic carbocycles. The number of carbonyl (C=O) groups excluding carboxylic acids is 1. The van der Waals surface area contributed by atoms with E-state index in [2.05, 4.69) is 11.1 Å². The number of esters is 1. The maximum absolute atomic E-state index is 12.2. The van der Waals surface area contributed by atoms with E-state index in [0.29, 0.717) is 35.8 Å². The highest BCUT2D eigenvalue weighted by Crippen LogP contribution is 2.39. The van der Waals surface area contributed by atoms with Crippen LogP contribution in [-0.4, -0.2) is 30.8 Å². The molecule has 2 N–H and O–H groups in total. The van der Waals surface area contributed by atoms with Crippen molar-refractivity contribution in [3.05, 3.63) is 35.0 Å². The highest BCUT2D eigenvalue weighted by atomic mass is 16.6. The Hall–Kier alpha value is -3.78. The van der Waals surface area contributed by atoms with Crippen molar-refractivity contribution in [2.75, 3.05) is 25.6 Å². The number of rotatable bonds is 4. The number of carbonyl (C=O) groups is 1. The molecule has 3 rings (SSSR count). The molecule has 8 heteroatoms. The van der Waals surface area contributed by atoms with Gasteiger partial charge in [0.1, 0.15) is 36.7 Å². The smallest absolute Gasteiger partial charge is 0.314 e. The zero-order valence-electron chi connectivity index (χ0n) is 15.5. The fraction of sp³-hybridized carbons (Fsp3) is 0.300. The van der Waals surface area contributed by atoms with Crippen molar-refractivity contribution < 1.29 is 19.0 Å². The number of anilines is 1. The number of hydrogen-bond acceptors (Lipinski definition) is 8. The fourth-order valence-electron chi connectivity index (χ4n) is 3.03. The molecule has 0 spiro atoms. The quantitative estimate of drug-likeness (QED) is 0.803. The van der Waals surface area contributed by atoms with E-state index in [1.807, 2.05) is 6.07 Å². The SMILES string of the molecule is CCOC(=O)C(C)c1nc(N)c(C#N)c(-c2ccc3c(c2)OCCO3)c1C#N. The molecule has 142 valence electrons. The molecule has 0 radical (unpaired) electrons. The predicted molar refractivity (Wildman–Crippen MR) is 99.6 cm³/mol. The van der Waals surface area contributed by atoms with Crippen LogP contribution in [0.5, 0.6) is 11.5 Å². The summed E-state index contributed by atoms with van der Waals surface area (Å²) >= 11 is 0. The molecule has 1 aliphatic rings. The third-order valence-electron chi connectivity index (χ3n) is 4.36. The molecule has 1 unspecified atom stereocenters. The standard InChI is InChI=1S/C20H18N4O4/c1-3-26-20(25)11(2)18-13(9-21)17(14(10-22)19(23)24-18)12-4-5-15-16(8-12)28-7-6-27-15/h4-5,8,11H,3,6-7H2,1-2H3,(H2,23,24). The number of fused-ring (bicyclic) bond motifs is 1. The Morgan fingerprint density at radius 1 is 1.25 bits per heavy atom. The molecule has 1 aromatic heterocycles. The largest absolute Gasteiger partial charge is 0.486 e. The van der Waals surface area contributed by atoms with Crippen LogP contribution in [0.3, 0.4) is 0 Å². The minimum absolute atomic E-state index is 0.0578. The highest BCUT2D eigenvalue weighted by molar-refractivity contribution is 5.86. The number of benzene rings is 1. The van der Waals surface area contributed by atoms with Gasteiger partial charge in [-0.05, 0) is 31.5 Å². The van der Waals surface area contributed by atoms with Gasteiger partial charge in [0.05, 0.1) is 23.8 Å². The molecular weight excluding hydrogens is 360 g/mol. The molecule has 1 aliphatic heterocycles. The van der Waals surface area contributed by atoms with Crippen molar-refractivity contribution in [1.82, 2.24) is 4.98 Å². The summed E-state index contributed by atoms with van der Waals surface area (Å²) in [6, 6.07) is 9.19. The van der Waals surface area contributed by atoms with Gasteiger partial charge in [-0.1, -0.05) is 6.07 Å². The molecule has 2 aromatic rings. The average Bonchev–Trinajstić information content (AvgIpc) is 2.72. The molecule has 28 heavy (non-hydrogen) atoms. The zero-order chi connectivity index (χ0) is 20.3. The number of hydrogen-bond donors (Lipinski definition) is 1. The summed E-state index contributed by atoms with van der Waals surface area (Å²) in [5.74, 6) is -0.317. The second kappa shape index (κ2) is 7.85. The topological polar surface area (TPSA) is 131 Å². The Morgan fingerprint density at radius 2 is 1.93 bits per heavy atom. The normalized spacial score (nSPS) is 13.1. The van der Waals surface area contributed by atoms with Gasteiger partial charge in [0.2, 0.25) is 0 Å². The van der Waals surface area contributed by atoms with E-state index in [4.69, 9.17) is 19.9 Å². The molecular formula is C20H18N4O4. The lowest BCUT2D eigenvalue weighted by molar-refractivity contribution is -0.144. The van der Waals surface area contributed by atoms with Crippen LogP contribution in [0.1, 0.15) is 36.6 Å². The van der Waals surface area contributed by atoms with Gasteiger partial charge in [-0.25, -0.2) is 4.98 Å². The van der Waals surface area contributed by atoms with Gasteiger partial charge in [-0.15, -0.1) is 0 Å². The number of nitrogens with two attached hydrogens (primary N) is 1. The molecule has 8 nitrogen and oxygen atoms in total. The van der Waals surface area contributed by atoms with E-state index in [1.165, 1.54) is 0 Å². The van der Waals surface area contributed by atoms with Crippen LogP contribution in [-0.2, 0) is 9.53 Å². The van der Waals surface area contributed by atoms with Crippen molar-refractivity contribution >= 4 is 11.8 Å². The van der Waals surface area contributed by atoms with Gasteiger partial charge in [0, 0.05) is 5.56 Å². The van der Waals surface area contributed by atoms with Gasteiger partial charge < -0.3 is 19.9 Å². The van der Waals surface area contributed by atoms with Crippen LogP contribution in [0.4, 0.5) is 5.82 Å².